The van der Waals surface area contributed by atoms with Gasteiger partial charge in [-0.05, 0) is 25.1 Å². The largest absolute Gasteiger partial charge is 0.497 e. The summed E-state index contributed by atoms with van der Waals surface area (Å²) in [7, 11) is 1.65. The van der Waals surface area contributed by atoms with Gasteiger partial charge in [0.25, 0.3) is 0 Å². The molecule has 2 N–H and O–H groups in total. The van der Waals surface area contributed by atoms with Gasteiger partial charge in [0.05, 0.1) is 18.5 Å². The lowest BCUT2D eigenvalue weighted by Gasteiger charge is -2.10. The molecule has 1 aromatic heterocycles. The van der Waals surface area contributed by atoms with Crippen molar-refractivity contribution in [2.75, 3.05) is 7.11 Å². The Kier molecular flexibility index (Phi) is 2.92. The minimum Gasteiger partial charge on any atom is -0.497 e. The molecular formula is C12H15N3O. The van der Waals surface area contributed by atoms with Gasteiger partial charge in [0, 0.05) is 18.3 Å². The fourth-order valence-corrected chi connectivity index (χ4v) is 1.62. The van der Waals surface area contributed by atoms with E-state index >= 15 is 0 Å². The molecule has 4 nitrogen and oxygen atoms in total. The third-order valence-electron chi connectivity index (χ3n) is 2.44. The van der Waals surface area contributed by atoms with E-state index < -0.39 is 0 Å². The quantitative estimate of drug-likeness (QED) is 0.854. The van der Waals surface area contributed by atoms with Crippen molar-refractivity contribution in [3.05, 3.63) is 42.2 Å². The molecule has 1 atom stereocenters. The van der Waals surface area contributed by atoms with Crippen LogP contribution in [0.4, 0.5) is 0 Å². The number of benzene rings is 1. The highest BCUT2D eigenvalue weighted by atomic mass is 16.5. The van der Waals surface area contributed by atoms with Gasteiger partial charge in [0.15, 0.2) is 0 Å². The summed E-state index contributed by atoms with van der Waals surface area (Å²) in [5, 5.41) is 4.26. The fraction of sp³-hybridized carbons (Fsp3) is 0.250. The van der Waals surface area contributed by atoms with E-state index in [9.17, 15) is 0 Å². The minimum absolute atomic E-state index is 0.0475. The molecule has 0 aliphatic rings. The highest BCUT2D eigenvalue weighted by molar-refractivity contribution is 5.40. The number of methoxy groups -OCH3 is 1. The van der Waals surface area contributed by atoms with Gasteiger partial charge in [-0.15, -0.1) is 0 Å². The van der Waals surface area contributed by atoms with E-state index in [-0.39, 0.29) is 6.04 Å². The lowest BCUT2D eigenvalue weighted by molar-refractivity contribution is 0.414. The Morgan fingerprint density at radius 2 is 2.19 bits per heavy atom. The van der Waals surface area contributed by atoms with E-state index in [4.69, 9.17) is 10.5 Å². The number of rotatable bonds is 3. The van der Waals surface area contributed by atoms with Crippen LogP contribution in [-0.2, 0) is 0 Å². The Labute approximate surface area is 94.6 Å². The molecule has 0 aliphatic heterocycles. The number of hydrogen-bond acceptors (Lipinski definition) is 3. The lowest BCUT2D eigenvalue weighted by Crippen LogP contribution is -2.11. The predicted molar refractivity (Wildman–Crippen MR) is 62.7 cm³/mol. The van der Waals surface area contributed by atoms with E-state index in [0.29, 0.717) is 0 Å². The van der Waals surface area contributed by atoms with Gasteiger partial charge in [-0.1, -0.05) is 6.07 Å². The molecule has 0 amide bonds. The number of hydrogen-bond donors (Lipinski definition) is 1. The van der Waals surface area contributed by atoms with E-state index in [1.165, 1.54) is 0 Å². The summed E-state index contributed by atoms with van der Waals surface area (Å²) in [5.74, 6) is 0.809. The molecular weight excluding hydrogens is 202 g/mol. The zero-order valence-corrected chi connectivity index (χ0v) is 9.42. The van der Waals surface area contributed by atoms with Gasteiger partial charge in [0.2, 0.25) is 0 Å². The molecule has 84 valence electrons. The molecule has 1 aromatic carbocycles. The minimum atomic E-state index is -0.0475. The van der Waals surface area contributed by atoms with Gasteiger partial charge >= 0.3 is 0 Å². The first-order valence-corrected chi connectivity index (χ1v) is 5.16. The van der Waals surface area contributed by atoms with Crippen LogP contribution in [0.25, 0.3) is 5.69 Å². The van der Waals surface area contributed by atoms with E-state index in [2.05, 4.69) is 5.10 Å². The van der Waals surface area contributed by atoms with E-state index in [0.717, 1.165) is 17.1 Å². The third kappa shape index (κ3) is 1.92. The average molecular weight is 217 g/mol. The van der Waals surface area contributed by atoms with E-state index in [1.54, 1.807) is 13.3 Å². The standard InChI is InChI=1S/C12H15N3O/c1-9(13)12-6-7-14-15(12)10-4-3-5-11(8-10)16-2/h3-9H,13H2,1-2H3. The van der Waals surface area contributed by atoms with Crippen molar-refractivity contribution >= 4 is 0 Å². The van der Waals surface area contributed by atoms with Crippen LogP contribution >= 0.6 is 0 Å². The number of ether oxygens (including phenoxy) is 1. The van der Waals surface area contributed by atoms with Gasteiger partial charge < -0.3 is 10.5 Å². The monoisotopic (exact) mass is 217 g/mol. The highest BCUT2D eigenvalue weighted by Gasteiger charge is 2.08. The zero-order valence-electron chi connectivity index (χ0n) is 9.42. The van der Waals surface area contributed by atoms with Crippen LogP contribution in [0.5, 0.6) is 5.75 Å². The van der Waals surface area contributed by atoms with Gasteiger partial charge in [-0.2, -0.15) is 5.10 Å². The molecule has 16 heavy (non-hydrogen) atoms. The third-order valence-corrected chi connectivity index (χ3v) is 2.44. The normalized spacial score (nSPS) is 12.4. The summed E-state index contributed by atoms with van der Waals surface area (Å²) in [6, 6.07) is 9.61. The molecule has 0 bridgehead atoms. The first-order valence-electron chi connectivity index (χ1n) is 5.16. The Morgan fingerprint density at radius 3 is 2.88 bits per heavy atom. The molecule has 0 saturated carbocycles. The molecule has 0 saturated heterocycles. The molecule has 2 aromatic rings. The molecule has 1 heterocycles. The van der Waals surface area contributed by atoms with Crippen molar-refractivity contribution in [1.82, 2.24) is 9.78 Å². The van der Waals surface area contributed by atoms with Crippen molar-refractivity contribution in [3.63, 3.8) is 0 Å². The second kappa shape index (κ2) is 4.37. The average Bonchev–Trinajstić information content (AvgIpc) is 2.78. The van der Waals surface area contributed by atoms with Crippen LogP contribution in [0, 0.1) is 0 Å². The van der Waals surface area contributed by atoms with Crippen LogP contribution < -0.4 is 10.5 Å². The van der Waals surface area contributed by atoms with Crippen molar-refractivity contribution in [2.24, 2.45) is 5.73 Å². The molecule has 4 heteroatoms. The van der Waals surface area contributed by atoms with Crippen molar-refractivity contribution in [3.8, 4) is 11.4 Å². The maximum absolute atomic E-state index is 5.87. The number of aromatic nitrogens is 2. The molecule has 0 radical (unpaired) electrons. The summed E-state index contributed by atoms with van der Waals surface area (Å²) >= 11 is 0. The van der Waals surface area contributed by atoms with Crippen molar-refractivity contribution in [2.45, 2.75) is 13.0 Å². The Morgan fingerprint density at radius 1 is 1.38 bits per heavy atom. The smallest absolute Gasteiger partial charge is 0.121 e. The van der Waals surface area contributed by atoms with Crippen LogP contribution in [0.3, 0.4) is 0 Å². The molecule has 0 aliphatic carbocycles. The summed E-state index contributed by atoms with van der Waals surface area (Å²) in [6.07, 6.45) is 1.75. The topological polar surface area (TPSA) is 53.1 Å². The second-order valence-corrected chi connectivity index (χ2v) is 3.66. The summed E-state index contributed by atoms with van der Waals surface area (Å²) in [4.78, 5) is 0. The summed E-state index contributed by atoms with van der Waals surface area (Å²) in [6.45, 7) is 1.94. The van der Waals surface area contributed by atoms with Crippen molar-refractivity contribution < 1.29 is 4.74 Å². The first kappa shape index (κ1) is 10.7. The maximum Gasteiger partial charge on any atom is 0.121 e. The van der Waals surface area contributed by atoms with Crippen LogP contribution in [0.1, 0.15) is 18.7 Å². The summed E-state index contributed by atoms with van der Waals surface area (Å²) < 4.78 is 7.01. The second-order valence-electron chi connectivity index (χ2n) is 3.66. The number of nitrogens with zero attached hydrogens (tertiary/aromatic N) is 2. The van der Waals surface area contributed by atoms with Crippen molar-refractivity contribution in [1.29, 1.82) is 0 Å². The van der Waals surface area contributed by atoms with Crippen LogP contribution in [0.15, 0.2) is 36.5 Å². The Hall–Kier alpha value is -1.81. The van der Waals surface area contributed by atoms with Gasteiger partial charge in [-0.25, -0.2) is 4.68 Å². The summed E-state index contributed by atoms with van der Waals surface area (Å²) in [5.41, 5.74) is 7.81. The molecule has 0 fully saturated rings. The molecule has 1 unspecified atom stereocenters. The van der Waals surface area contributed by atoms with Gasteiger partial charge in [0.1, 0.15) is 5.75 Å². The number of nitrogens with two attached hydrogens (primary N) is 1. The Balaban J connectivity index is 2.46. The molecule has 0 spiro atoms. The maximum atomic E-state index is 5.87. The lowest BCUT2D eigenvalue weighted by atomic mass is 10.2. The van der Waals surface area contributed by atoms with E-state index in [1.807, 2.05) is 41.9 Å². The first-order chi connectivity index (χ1) is 7.72. The van der Waals surface area contributed by atoms with Crippen LogP contribution in [0.2, 0.25) is 0 Å². The fourth-order valence-electron chi connectivity index (χ4n) is 1.62. The van der Waals surface area contributed by atoms with Gasteiger partial charge in [-0.3, -0.25) is 0 Å². The Bertz CT molecular complexity index is 477. The predicted octanol–water partition coefficient (Wildman–Crippen LogP) is 1.90. The highest BCUT2D eigenvalue weighted by Crippen LogP contribution is 2.19. The van der Waals surface area contributed by atoms with Crippen LogP contribution in [-0.4, -0.2) is 16.9 Å². The zero-order chi connectivity index (χ0) is 11.5. The molecule has 2 rings (SSSR count). The SMILES string of the molecule is COc1cccc(-n2nccc2C(C)N)c1.